The van der Waals surface area contributed by atoms with Crippen molar-refractivity contribution in [1.29, 1.82) is 0 Å². The number of benzene rings is 1. The van der Waals surface area contributed by atoms with Gasteiger partial charge in [-0.2, -0.15) is 0 Å². The third kappa shape index (κ3) is 3.20. The number of nitrogens with one attached hydrogen (secondary N) is 1. The number of fused-ring (bicyclic) bond motifs is 3. The van der Waals surface area contributed by atoms with Crippen molar-refractivity contribution in [2.75, 3.05) is 7.11 Å². The summed E-state index contributed by atoms with van der Waals surface area (Å²) in [6.45, 7) is 10.5. The number of carbonyl (C=O) groups is 1. The number of amides is 1. The Morgan fingerprint density at radius 2 is 2.04 bits per heavy atom. The number of phenolic OH excluding ortho intramolecular Hbond substituents is 1. The normalized spacial score (nSPS) is 24.0. The van der Waals surface area contributed by atoms with Gasteiger partial charge in [-0.1, -0.05) is 26.8 Å². The van der Waals surface area contributed by atoms with E-state index >= 15 is 0 Å². The molecule has 1 aliphatic carbocycles. The van der Waals surface area contributed by atoms with Gasteiger partial charge in [-0.3, -0.25) is 9.63 Å². The van der Waals surface area contributed by atoms with Crippen molar-refractivity contribution in [3.63, 3.8) is 0 Å². The number of rotatable bonds is 2. The number of hydrogen-bond acceptors (Lipinski definition) is 4. The average Bonchev–Trinajstić information content (AvgIpc) is 2.52. The molecular formula is C21H29NO4. The molecule has 0 radical (unpaired) electrons. The van der Waals surface area contributed by atoms with Crippen molar-refractivity contribution < 1.29 is 19.5 Å². The smallest absolute Gasteiger partial charge is 0.270 e. The molecule has 2 atom stereocenters. The molecule has 1 aromatic rings. The lowest BCUT2D eigenvalue weighted by molar-refractivity contribution is -0.127. The van der Waals surface area contributed by atoms with Crippen molar-refractivity contribution >= 4 is 5.91 Å². The highest BCUT2D eigenvalue weighted by atomic mass is 16.6. The van der Waals surface area contributed by atoms with Crippen molar-refractivity contribution in [2.45, 2.75) is 64.4 Å². The summed E-state index contributed by atoms with van der Waals surface area (Å²) >= 11 is 0. The van der Waals surface area contributed by atoms with Gasteiger partial charge < -0.3 is 9.84 Å². The number of allylic oxidation sites excluding steroid dienone is 1. The van der Waals surface area contributed by atoms with Crippen LogP contribution in [0.25, 0.3) is 0 Å². The van der Waals surface area contributed by atoms with E-state index in [0.717, 1.165) is 23.3 Å². The number of phenols is 1. The van der Waals surface area contributed by atoms with Gasteiger partial charge in [0.05, 0.1) is 7.11 Å². The molecule has 142 valence electrons. The SMILES string of the molecule is CONC(=O)C1=CCC2C(C1)c1c(O)cc(C(C)(C)C)cc1OC2(C)C. The summed E-state index contributed by atoms with van der Waals surface area (Å²) < 4.78 is 6.33. The van der Waals surface area contributed by atoms with Crippen molar-refractivity contribution in [2.24, 2.45) is 5.92 Å². The summed E-state index contributed by atoms with van der Waals surface area (Å²) in [5, 5.41) is 10.8. The van der Waals surface area contributed by atoms with E-state index in [1.165, 1.54) is 7.11 Å². The Bertz CT molecular complexity index is 758. The highest BCUT2D eigenvalue weighted by molar-refractivity contribution is 5.93. The minimum atomic E-state index is -0.375. The highest BCUT2D eigenvalue weighted by Crippen LogP contribution is 2.54. The Morgan fingerprint density at radius 1 is 1.35 bits per heavy atom. The lowest BCUT2D eigenvalue weighted by Crippen LogP contribution is -2.46. The fraction of sp³-hybridized carbons (Fsp3) is 0.571. The Labute approximate surface area is 155 Å². The number of hydrogen-bond donors (Lipinski definition) is 2. The fourth-order valence-corrected chi connectivity index (χ4v) is 4.17. The van der Waals surface area contributed by atoms with Gasteiger partial charge in [-0.25, -0.2) is 5.48 Å². The predicted molar refractivity (Wildman–Crippen MR) is 100 cm³/mol. The maximum Gasteiger partial charge on any atom is 0.270 e. The zero-order valence-corrected chi connectivity index (χ0v) is 16.5. The molecule has 1 amide bonds. The van der Waals surface area contributed by atoms with Crippen LogP contribution in [0, 0.1) is 5.92 Å². The molecule has 2 N–H and O–H groups in total. The first-order valence-electron chi connectivity index (χ1n) is 9.13. The first-order chi connectivity index (χ1) is 12.0. The summed E-state index contributed by atoms with van der Waals surface area (Å²) in [6, 6.07) is 3.88. The quantitative estimate of drug-likeness (QED) is 0.785. The Kier molecular flexibility index (Phi) is 4.55. The van der Waals surface area contributed by atoms with Gasteiger partial charge >= 0.3 is 0 Å². The first kappa shape index (κ1) is 18.8. The molecule has 26 heavy (non-hydrogen) atoms. The molecule has 0 spiro atoms. The lowest BCUT2D eigenvalue weighted by Gasteiger charge is -2.47. The summed E-state index contributed by atoms with van der Waals surface area (Å²) in [5.41, 5.74) is 4.48. The van der Waals surface area contributed by atoms with E-state index in [1.807, 2.05) is 18.2 Å². The number of carbonyl (C=O) groups excluding carboxylic acids is 1. The molecule has 0 aromatic heterocycles. The van der Waals surface area contributed by atoms with Crippen LogP contribution in [0.4, 0.5) is 0 Å². The molecule has 0 fully saturated rings. The van der Waals surface area contributed by atoms with Crippen LogP contribution in [0.15, 0.2) is 23.8 Å². The Hall–Kier alpha value is -2.01. The predicted octanol–water partition coefficient (Wildman–Crippen LogP) is 3.96. The van der Waals surface area contributed by atoms with E-state index in [0.29, 0.717) is 12.0 Å². The third-order valence-corrected chi connectivity index (χ3v) is 5.65. The molecule has 1 aliphatic heterocycles. The van der Waals surface area contributed by atoms with Crippen molar-refractivity contribution in [3.8, 4) is 11.5 Å². The second-order valence-electron chi connectivity index (χ2n) is 8.88. The maximum atomic E-state index is 12.2. The number of aromatic hydroxyl groups is 1. The fourth-order valence-electron chi connectivity index (χ4n) is 4.17. The Morgan fingerprint density at radius 3 is 2.65 bits per heavy atom. The minimum Gasteiger partial charge on any atom is -0.508 e. The molecule has 3 rings (SSSR count). The molecule has 5 nitrogen and oxygen atoms in total. The molecule has 2 unspecified atom stereocenters. The van der Waals surface area contributed by atoms with Gasteiger partial charge in [0.2, 0.25) is 0 Å². The molecule has 1 heterocycles. The molecule has 5 heteroatoms. The molecule has 0 bridgehead atoms. The standard InChI is InChI=1S/C21H29NO4/c1-20(2,3)13-10-16(23)18-14-9-12(19(24)22-25-6)7-8-15(14)21(4,5)26-17(18)11-13/h7,10-11,14-15,23H,8-9H2,1-6H3,(H,22,24). The van der Waals surface area contributed by atoms with Gasteiger partial charge in [0, 0.05) is 23.0 Å². The van der Waals surface area contributed by atoms with E-state index < -0.39 is 0 Å². The van der Waals surface area contributed by atoms with Crippen LogP contribution in [0.5, 0.6) is 11.5 Å². The van der Waals surface area contributed by atoms with Crippen LogP contribution < -0.4 is 10.2 Å². The van der Waals surface area contributed by atoms with Crippen LogP contribution in [0.3, 0.4) is 0 Å². The van der Waals surface area contributed by atoms with Gasteiger partial charge in [0.1, 0.15) is 17.1 Å². The third-order valence-electron chi connectivity index (χ3n) is 5.65. The van der Waals surface area contributed by atoms with Crippen molar-refractivity contribution in [1.82, 2.24) is 5.48 Å². The summed E-state index contributed by atoms with van der Waals surface area (Å²) in [5.74, 6) is 0.995. The van der Waals surface area contributed by atoms with E-state index in [9.17, 15) is 9.90 Å². The zero-order chi connectivity index (χ0) is 19.3. The van der Waals surface area contributed by atoms with Crippen LogP contribution in [0.2, 0.25) is 0 Å². The topological polar surface area (TPSA) is 67.8 Å². The lowest BCUT2D eigenvalue weighted by atomic mass is 9.66. The maximum absolute atomic E-state index is 12.2. The number of ether oxygens (including phenoxy) is 1. The molecular weight excluding hydrogens is 330 g/mol. The van der Waals surface area contributed by atoms with Gasteiger partial charge in [0.15, 0.2) is 0 Å². The van der Waals surface area contributed by atoms with Crippen molar-refractivity contribution in [3.05, 3.63) is 34.9 Å². The summed E-state index contributed by atoms with van der Waals surface area (Å²) in [6.07, 6.45) is 3.25. The van der Waals surface area contributed by atoms with Gasteiger partial charge in [-0.15, -0.1) is 0 Å². The monoisotopic (exact) mass is 359 g/mol. The Balaban J connectivity index is 2.06. The van der Waals surface area contributed by atoms with E-state index in [1.54, 1.807) is 0 Å². The largest absolute Gasteiger partial charge is 0.508 e. The minimum absolute atomic E-state index is 0.0328. The molecule has 0 saturated carbocycles. The zero-order valence-electron chi connectivity index (χ0n) is 16.5. The molecule has 0 saturated heterocycles. The highest BCUT2D eigenvalue weighted by Gasteiger charge is 2.47. The molecule has 1 aromatic carbocycles. The second-order valence-corrected chi connectivity index (χ2v) is 8.88. The summed E-state index contributed by atoms with van der Waals surface area (Å²) in [7, 11) is 1.43. The first-order valence-corrected chi connectivity index (χ1v) is 9.13. The van der Waals surface area contributed by atoms with Gasteiger partial charge in [0.25, 0.3) is 5.91 Å². The second kappa shape index (κ2) is 6.31. The van der Waals surface area contributed by atoms with Crippen LogP contribution >= 0.6 is 0 Å². The van der Waals surface area contributed by atoms with E-state index in [4.69, 9.17) is 9.57 Å². The van der Waals surface area contributed by atoms with Crippen LogP contribution in [0.1, 0.15) is 64.5 Å². The van der Waals surface area contributed by atoms with Crippen LogP contribution in [-0.2, 0) is 15.0 Å². The molecule has 2 aliphatic rings. The van der Waals surface area contributed by atoms with E-state index in [-0.39, 0.29) is 34.5 Å². The summed E-state index contributed by atoms with van der Waals surface area (Å²) in [4.78, 5) is 17.0. The van der Waals surface area contributed by atoms with Gasteiger partial charge in [-0.05, 0) is 49.8 Å². The van der Waals surface area contributed by atoms with E-state index in [2.05, 4.69) is 40.1 Å². The van der Waals surface area contributed by atoms with Crippen LogP contribution in [-0.4, -0.2) is 23.7 Å². The average molecular weight is 359 g/mol. The number of hydroxylamine groups is 1.